The number of nitrogens with zero attached hydrogens (tertiary/aromatic N) is 1. The van der Waals surface area contributed by atoms with Gasteiger partial charge in [0, 0.05) is 25.7 Å². The van der Waals surface area contributed by atoms with Gasteiger partial charge >= 0.3 is 0 Å². The monoisotopic (exact) mass is 346 g/mol. The zero-order chi connectivity index (χ0) is 17.6. The molecular weight excluding hydrogens is 324 g/mol. The zero-order valence-corrected chi connectivity index (χ0v) is 14.7. The predicted molar refractivity (Wildman–Crippen MR) is 94.2 cm³/mol. The molecule has 128 valence electrons. The first kappa shape index (κ1) is 18.2. The van der Waals surface area contributed by atoms with Crippen LogP contribution in [-0.2, 0) is 16.6 Å². The van der Waals surface area contributed by atoms with Crippen molar-refractivity contribution in [3.63, 3.8) is 0 Å². The van der Waals surface area contributed by atoms with Gasteiger partial charge in [-0.05, 0) is 30.2 Å². The third-order valence-corrected chi connectivity index (χ3v) is 5.00. The van der Waals surface area contributed by atoms with Gasteiger partial charge in [-0.1, -0.05) is 43.3 Å². The topological polar surface area (TPSA) is 66.5 Å². The highest BCUT2D eigenvalue weighted by Crippen LogP contribution is 2.14. The van der Waals surface area contributed by atoms with Gasteiger partial charge in [0.1, 0.15) is 0 Å². The van der Waals surface area contributed by atoms with Gasteiger partial charge in [0.05, 0.1) is 4.90 Å². The highest BCUT2D eigenvalue weighted by Gasteiger charge is 2.17. The fraction of sp³-hybridized carbons (Fsp3) is 0.278. The quantitative estimate of drug-likeness (QED) is 0.838. The Morgan fingerprint density at radius 1 is 1.08 bits per heavy atom. The van der Waals surface area contributed by atoms with Crippen LogP contribution in [0.3, 0.4) is 0 Å². The number of hydrogen-bond donors (Lipinski definition) is 1. The standard InChI is InChI=1S/C18H22N2O3S/c1-3-12-19-24(22,23)17-11-7-10-16(13-17)18(21)20(2)14-15-8-5-4-6-9-15/h4-11,13,19H,3,12,14H2,1-2H3. The lowest BCUT2D eigenvalue weighted by molar-refractivity contribution is 0.0785. The van der Waals surface area contributed by atoms with Crippen LogP contribution >= 0.6 is 0 Å². The van der Waals surface area contributed by atoms with Crippen molar-refractivity contribution < 1.29 is 13.2 Å². The van der Waals surface area contributed by atoms with Crippen LogP contribution in [0.25, 0.3) is 0 Å². The molecule has 0 unspecified atom stereocenters. The molecule has 0 fully saturated rings. The Bertz CT molecular complexity index is 789. The molecule has 5 nitrogen and oxygen atoms in total. The number of rotatable bonds is 7. The Morgan fingerprint density at radius 2 is 1.79 bits per heavy atom. The molecule has 0 aromatic heterocycles. The second-order valence-corrected chi connectivity index (χ2v) is 7.34. The summed E-state index contributed by atoms with van der Waals surface area (Å²) in [6, 6.07) is 15.8. The van der Waals surface area contributed by atoms with Crippen molar-refractivity contribution in [3.05, 3.63) is 65.7 Å². The first-order chi connectivity index (χ1) is 11.4. The molecule has 0 spiro atoms. The second kappa shape index (κ2) is 8.08. The third kappa shape index (κ3) is 4.66. The summed E-state index contributed by atoms with van der Waals surface area (Å²) in [7, 11) is -1.88. The number of nitrogens with one attached hydrogen (secondary N) is 1. The summed E-state index contributed by atoms with van der Waals surface area (Å²) in [5, 5.41) is 0. The maximum Gasteiger partial charge on any atom is 0.253 e. The van der Waals surface area contributed by atoms with E-state index in [1.165, 1.54) is 12.1 Å². The van der Waals surface area contributed by atoms with Gasteiger partial charge in [0.2, 0.25) is 10.0 Å². The van der Waals surface area contributed by atoms with E-state index in [9.17, 15) is 13.2 Å². The van der Waals surface area contributed by atoms with E-state index in [0.29, 0.717) is 25.1 Å². The molecule has 0 heterocycles. The second-order valence-electron chi connectivity index (χ2n) is 5.57. The van der Waals surface area contributed by atoms with Crippen LogP contribution in [0, 0.1) is 0 Å². The molecule has 0 saturated carbocycles. The van der Waals surface area contributed by atoms with Gasteiger partial charge in [0.25, 0.3) is 5.91 Å². The molecule has 1 N–H and O–H groups in total. The minimum absolute atomic E-state index is 0.106. The van der Waals surface area contributed by atoms with Crippen LogP contribution in [0.1, 0.15) is 29.3 Å². The van der Waals surface area contributed by atoms with E-state index in [2.05, 4.69) is 4.72 Å². The maximum atomic E-state index is 12.6. The van der Waals surface area contributed by atoms with E-state index >= 15 is 0 Å². The maximum absolute atomic E-state index is 12.6. The van der Waals surface area contributed by atoms with Crippen LogP contribution in [0.5, 0.6) is 0 Å². The fourth-order valence-electron chi connectivity index (χ4n) is 2.27. The highest BCUT2D eigenvalue weighted by molar-refractivity contribution is 7.89. The van der Waals surface area contributed by atoms with E-state index in [0.717, 1.165) is 5.56 Å². The largest absolute Gasteiger partial charge is 0.337 e. The summed E-state index contributed by atoms with van der Waals surface area (Å²) in [5.74, 6) is -0.216. The minimum atomic E-state index is -3.58. The van der Waals surface area contributed by atoms with E-state index in [4.69, 9.17) is 0 Å². The number of benzene rings is 2. The van der Waals surface area contributed by atoms with Crippen molar-refractivity contribution in [2.24, 2.45) is 0 Å². The molecule has 6 heteroatoms. The van der Waals surface area contributed by atoms with Crippen LogP contribution in [0.2, 0.25) is 0 Å². The Balaban J connectivity index is 2.17. The molecule has 0 saturated heterocycles. The van der Waals surface area contributed by atoms with Crippen LogP contribution in [0.15, 0.2) is 59.5 Å². The van der Waals surface area contributed by atoms with Crippen molar-refractivity contribution in [2.75, 3.05) is 13.6 Å². The lowest BCUT2D eigenvalue weighted by atomic mass is 10.1. The molecular formula is C18H22N2O3S. The third-order valence-electron chi connectivity index (χ3n) is 3.54. The van der Waals surface area contributed by atoms with Crippen molar-refractivity contribution in [3.8, 4) is 0 Å². The van der Waals surface area contributed by atoms with Crippen LogP contribution < -0.4 is 4.72 Å². The number of hydrogen-bond acceptors (Lipinski definition) is 3. The molecule has 1 amide bonds. The summed E-state index contributed by atoms with van der Waals surface area (Å²) in [6.45, 7) is 2.72. The normalized spacial score (nSPS) is 11.2. The Labute approximate surface area is 143 Å². The van der Waals surface area contributed by atoms with Crippen LogP contribution in [-0.4, -0.2) is 32.8 Å². The zero-order valence-electron chi connectivity index (χ0n) is 13.9. The molecule has 2 aromatic carbocycles. The molecule has 2 aromatic rings. The van der Waals surface area contributed by atoms with E-state index in [1.807, 2.05) is 37.3 Å². The number of sulfonamides is 1. The van der Waals surface area contributed by atoms with E-state index in [-0.39, 0.29) is 10.8 Å². The number of carbonyl (C=O) groups excluding carboxylic acids is 1. The summed E-state index contributed by atoms with van der Waals surface area (Å²) < 4.78 is 26.9. The Kier molecular flexibility index (Phi) is 6.11. The summed E-state index contributed by atoms with van der Waals surface area (Å²) >= 11 is 0. The number of amides is 1. The molecule has 24 heavy (non-hydrogen) atoms. The molecule has 2 rings (SSSR count). The summed E-state index contributed by atoms with van der Waals surface area (Å²) in [6.07, 6.45) is 0.706. The smallest absolute Gasteiger partial charge is 0.253 e. The lowest BCUT2D eigenvalue weighted by Crippen LogP contribution is -2.27. The highest BCUT2D eigenvalue weighted by atomic mass is 32.2. The van der Waals surface area contributed by atoms with Crippen molar-refractivity contribution >= 4 is 15.9 Å². The molecule has 0 aliphatic carbocycles. The van der Waals surface area contributed by atoms with Crippen molar-refractivity contribution in [1.82, 2.24) is 9.62 Å². The average Bonchev–Trinajstić information content (AvgIpc) is 2.60. The first-order valence-electron chi connectivity index (χ1n) is 7.83. The SMILES string of the molecule is CCCNS(=O)(=O)c1cccc(C(=O)N(C)Cc2ccccc2)c1. The summed E-state index contributed by atoms with van der Waals surface area (Å²) in [4.78, 5) is 14.2. The van der Waals surface area contributed by atoms with E-state index < -0.39 is 10.0 Å². The molecule has 0 aliphatic rings. The van der Waals surface area contributed by atoms with Crippen molar-refractivity contribution in [2.45, 2.75) is 24.8 Å². The van der Waals surface area contributed by atoms with Gasteiger partial charge < -0.3 is 4.90 Å². The van der Waals surface area contributed by atoms with E-state index in [1.54, 1.807) is 24.1 Å². The number of carbonyl (C=O) groups is 1. The summed E-state index contributed by atoms with van der Waals surface area (Å²) in [5.41, 5.74) is 1.37. The molecule has 0 bridgehead atoms. The van der Waals surface area contributed by atoms with Crippen molar-refractivity contribution in [1.29, 1.82) is 0 Å². The predicted octanol–water partition coefficient (Wildman–Crippen LogP) is 2.65. The molecule has 0 atom stereocenters. The van der Waals surface area contributed by atoms with Gasteiger partial charge in [-0.15, -0.1) is 0 Å². The van der Waals surface area contributed by atoms with Gasteiger partial charge in [-0.25, -0.2) is 13.1 Å². The molecule has 0 aliphatic heterocycles. The first-order valence-corrected chi connectivity index (χ1v) is 9.31. The fourth-order valence-corrected chi connectivity index (χ4v) is 3.44. The Hall–Kier alpha value is -2.18. The minimum Gasteiger partial charge on any atom is -0.337 e. The van der Waals surface area contributed by atoms with Gasteiger partial charge in [0.15, 0.2) is 0 Å². The van der Waals surface area contributed by atoms with Crippen LogP contribution in [0.4, 0.5) is 0 Å². The molecule has 0 radical (unpaired) electrons. The Morgan fingerprint density at radius 3 is 2.46 bits per heavy atom. The lowest BCUT2D eigenvalue weighted by Gasteiger charge is -2.18. The average molecular weight is 346 g/mol. The van der Waals surface area contributed by atoms with Gasteiger partial charge in [-0.3, -0.25) is 4.79 Å². The van der Waals surface area contributed by atoms with Gasteiger partial charge in [-0.2, -0.15) is 0 Å².